The van der Waals surface area contributed by atoms with Crippen LogP contribution in [0.4, 0.5) is 0 Å². The van der Waals surface area contributed by atoms with Gasteiger partial charge in [-0.15, -0.1) is 0 Å². The van der Waals surface area contributed by atoms with Gasteiger partial charge < -0.3 is 14.6 Å². The number of carbonyl (C=O) groups excluding carboxylic acids is 1. The standard InChI is InChI=1S/C13H22O5Si/c1-19(2,3)7-6-17-9-10-8-11(18-13(10)16)4-5-12(14)15/h8,11H,4-7,9H2,1-3H3,(H,14,15)/t11-/m1/s1. The molecule has 108 valence electrons. The molecule has 1 atom stereocenters. The summed E-state index contributed by atoms with van der Waals surface area (Å²) in [5, 5.41) is 8.57. The predicted molar refractivity (Wildman–Crippen MR) is 73.8 cm³/mol. The Morgan fingerprint density at radius 2 is 2.16 bits per heavy atom. The third-order valence-electron chi connectivity index (χ3n) is 2.80. The monoisotopic (exact) mass is 286 g/mol. The Labute approximate surface area is 114 Å². The van der Waals surface area contributed by atoms with E-state index in [0.29, 0.717) is 18.6 Å². The molecule has 0 saturated heterocycles. The maximum atomic E-state index is 11.5. The largest absolute Gasteiger partial charge is 0.481 e. The van der Waals surface area contributed by atoms with Gasteiger partial charge in [0.05, 0.1) is 12.2 Å². The van der Waals surface area contributed by atoms with Gasteiger partial charge in [0.2, 0.25) is 0 Å². The molecular formula is C13H22O5Si. The van der Waals surface area contributed by atoms with Crippen molar-refractivity contribution in [1.82, 2.24) is 0 Å². The number of hydrogen-bond donors (Lipinski definition) is 1. The van der Waals surface area contributed by atoms with Crippen LogP contribution in [-0.4, -0.2) is 44.4 Å². The summed E-state index contributed by atoms with van der Waals surface area (Å²) in [6.45, 7) is 7.71. The van der Waals surface area contributed by atoms with Gasteiger partial charge in [-0.1, -0.05) is 19.6 Å². The molecule has 0 aromatic heterocycles. The smallest absolute Gasteiger partial charge is 0.336 e. The van der Waals surface area contributed by atoms with Crippen molar-refractivity contribution < 1.29 is 24.2 Å². The Morgan fingerprint density at radius 1 is 1.47 bits per heavy atom. The van der Waals surface area contributed by atoms with E-state index in [1.54, 1.807) is 6.08 Å². The maximum Gasteiger partial charge on any atom is 0.336 e. The molecule has 0 amide bonds. The van der Waals surface area contributed by atoms with E-state index in [1.807, 2.05) is 0 Å². The fraction of sp³-hybridized carbons (Fsp3) is 0.692. The van der Waals surface area contributed by atoms with Crippen LogP contribution in [0.2, 0.25) is 25.7 Å². The molecule has 0 spiro atoms. The molecule has 1 rings (SSSR count). The molecule has 19 heavy (non-hydrogen) atoms. The Morgan fingerprint density at radius 3 is 2.74 bits per heavy atom. The first-order valence-corrected chi connectivity index (χ1v) is 10.2. The van der Waals surface area contributed by atoms with Crippen LogP contribution >= 0.6 is 0 Å². The molecule has 0 aromatic rings. The zero-order valence-electron chi connectivity index (χ0n) is 11.8. The number of cyclic esters (lactones) is 1. The van der Waals surface area contributed by atoms with Crippen LogP contribution in [0.5, 0.6) is 0 Å². The third-order valence-corrected chi connectivity index (χ3v) is 4.51. The number of carbonyl (C=O) groups is 2. The molecule has 0 bridgehead atoms. The summed E-state index contributed by atoms with van der Waals surface area (Å²) in [7, 11) is -1.12. The SMILES string of the molecule is C[Si](C)(C)CCOCC1=C[C@@H](CCC(=O)O)OC1=O. The topological polar surface area (TPSA) is 72.8 Å². The fourth-order valence-electron chi connectivity index (χ4n) is 1.62. The van der Waals surface area contributed by atoms with Crippen molar-refractivity contribution in [2.45, 2.75) is 44.6 Å². The lowest BCUT2D eigenvalue weighted by atomic mass is 10.1. The van der Waals surface area contributed by atoms with Crippen LogP contribution in [-0.2, 0) is 19.1 Å². The Balaban J connectivity index is 2.30. The van der Waals surface area contributed by atoms with Crippen LogP contribution in [0, 0.1) is 0 Å². The first-order valence-electron chi connectivity index (χ1n) is 6.49. The molecule has 6 heteroatoms. The van der Waals surface area contributed by atoms with Gasteiger partial charge in [-0.2, -0.15) is 0 Å². The lowest BCUT2D eigenvalue weighted by Gasteiger charge is -2.15. The van der Waals surface area contributed by atoms with Crippen LogP contribution in [0.15, 0.2) is 11.6 Å². The van der Waals surface area contributed by atoms with Crippen LogP contribution < -0.4 is 0 Å². The first kappa shape index (κ1) is 15.9. The molecule has 0 aromatic carbocycles. The van der Waals surface area contributed by atoms with Gasteiger partial charge in [-0.25, -0.2) is 4.79 Å². The quantitative estimate of drug-likeness (QED) is 0.420. The van der Waals surface area contributed by atoms with E-state index in [-0.39, 0.29) is 19.0 Å². The predicted octanol–water partition coefficient (Wildman–Crippen LogP) is 2.06. The summed E-state index contributed by atoms with van der Waals surface area (Å²) in [4.78, 5) is 22.0. The normalized spacial score (nSPS) is 19.2. The molecule has 0 aliphatic carbocycles. The zero-order valence-corrected chi connectivity index (χ0v) is 12.8. The van der Waals surface area contributed by atoms with Gasteiger partial charge in [-0.3, -0.25) is 4.79 Å². The lowest BCUT2D eigenvalue weighted by Crippen LogP contribution is -2.22. The number of ether oxygens (including phenoxy) is 2. The van der Waals surface area contributed by atoms with E-state index in [2.05, 4.69) is 19.6 Å². The minimum absolute atomic E-state index is 0.00178. The molecular weight excluding hydrogens is 264 g/mol. The van der Waals surface area contributed by atoms with Crippen molar-refractivity contribution in [2.24, 2.45) is 0 Å². The van der Waals surface area contributed by atoms with Gasteiger partial charge in [-0.05, 0) is 18.5 Å². The van der Waals surface area contributed by atoms with Gasteiger partial charge in [0.15, 0.2) is 0 Å². The van der Waals surface area contributed by atoms with Gasteiger partial charge >= 0.3 is 11.9 Å². The molecule has 0 saturated carbocycles. The lowest BCUT2D eigenvalue weighted by molar-refractivity contribution is -0.143. The van der Waals surface area contributed by atoms with Crippen molar-refractivity contribution in [2.75, 3.05) is 13.2 Å². The van der Waals surface area contributed by atoms with Gasteiger partial charge in [0.1, 0.15) is 6.10 Å². The highest BCUT2D eigenvalue weighted by molar-refractivity contribution is 6.76. The number of hydrogen-bond acceptors (Lipinski definition) is 4. The van der Waals surface area contributed by atoms with Crippen LogP contribution in [0.3, 0.4) is 0 Å². The molecule has 5 nitrogen and oxygen atoms in total. The number of aliphatic carboxylic acids is 1. The second kappa shape index (κ2) is 6.86. The molecule has 0 radical (unpaired) electrons. The molecule has 1 aliphatic rings. The molecule has 1 N–H and O–H groups in total. The van der Waals surface area contributed by atoms with Crippen molar-refractivity contribution in [3.63, 3.8) is 0 Å². The molecule has 1 aliphatic heterocycles. The van der Waals surface area contributed by atoms with Gasteiger partial charge in [0.25, 0.3) is 0 Å². The van der Waals surface area contributed by atoms with Crippen molar-refractivity contribution in [3.8, 4) is 0 Å². The minimum Gasteiger partial charge on any atom is -0.481 e. The molecule has 0 unspecified atom stereocenters. The average molecular weight is 286 g/mol. The number of esters is 1. The summed E-state index contributed by atoms with van der Waals surface area (Å²) in [6, 6.07) is 1.05. The Kier molecular flexibility index (Phi) is 5.75. The van der Waals surface area contributed by atoms with Gasteiger partial charge in [0, 0.05) is 21.1 Å². The highest BCUT2D eigenvalue weighted by Crippen LogP contribution is 2.18. The first-order chi connectivity index (χ1) is 8.78. The second-order valence-corrected chi connectivity index (χ2v) is 11.6. The number of carboxylic acid groups (broad SMARTS) is 1. The zero-order chi connectivity index (χ0) is 14.5. The molecule has 1 heterocycles. The van der Waals surface area contributed by atoms with Crippen molar-refractivity contribution in [1.29, 1.82) is 0 Å². The summed E-state index contributed by atoms with van der Waals surface area (Å²) in [5.41, 5.74) is 0.506. The summed E-state index contributed by atoms with van der Waals surface area (Å²) < 4.78 is 10.5. The second-order valence-electron chi connectivity index (χ2n) is 5.93. The summed E-state index contributed by atoms with van der Waals surface area (Å²) in [5.74, 6) is -1.27. The van der Waals surface area contributed by atoms with E-state index < -0.39 is 20.1 Å². The van der Waals surface area contributed by atoms with Crippen LogP contribution in [0.1, 0.15) is 12.8 Å². The Hall–Kier alpha value is -1.14. The Bertz CT molecular complexity index is 370. The summed E-state index contributed by atoms with van der Waals surface area (Å²) in [6.07, 6.45) is 1.58. The third kappa shape index (κ3) is 6.54. The van der Waals surface area contributed by atoms with E-state index in [1.165, 1.54) is 0 Å². The highest BCUT2D eigenvalue weighted by Gasteiger charge is 2.25. The van der Waals surface area contributed by atoms with E-state index >= 15 is 0 Å². The summed E-state index contributed by atoms with van der Waals surface area (Å²) >= 11 is 0. The minimum atomic E-state index is -1.12. The van der Waals surface area contributed by atoms with E-state index in [4.69, 9.17) is 14.6 Å². The maximum absolute atomic E-state index is 11.5. The highest BCUT2D eigenvalue weighted by atomic mass is 28.3. The number of rotatable bonds is 8. The van der Waals surface area contributed by atoms with Crippen LogP contribution in [0.25, 0.3) is 0 Å². The molecule has 0 fully saturated rings. The van der Waals surface area contributed by atoms with Crippen molar-refractivity contribution in [3.05, 3.63) is 11.6 Å². The fourth-order valence-corrected chi connectivity index (χ4v) is 2.37. The number of carboxylic acids is 1. The average Bonchev–Trinajstić information content (AvgIpc) is 2.62. The van der Waals surface area contributed by atoms with E-state index in [9.17, 15) is 9.59 Å². The van der Waals surface area contributed by atoms with Crippen molar-refractivity contribution >= 4 is 20.0 Å². The van der Waals surface area contributed by atoms with E-state index in [0.717, 1.165) is 6.04 Å².